The molecule has 0 saturated carbocycles. The van der Waals surface area contributed by atoms with Crippen LogP contribution >= 0.6 is 11.3 Å². The van der Waals surface area contributed by atoms with Gasteiger partial charge in [-0.15, -0.1) is 11.3 Å². The fourth-order valence-corrected chi connectivity index (χ4v) is 3.76. The van der Waals surface area contributed by atoms with E-state index in [2.05, 4.69) is 24.4 Å². The summed E-state index contributed by atoms with van der Waals surface area (Å²) >= 11 is 1.73. The van der Waals surface area contributed by atoms with E-state index in [4.69, 9.17) is 4.74 Å². The Hall–Kier alpha value is -2.59. The van der Waals surface area contributed by atoms with Gasteiger partial charge in [-0.25, -0.2) is 0 Å². The van der Waals surface area contributed by atoms with Crippen molar-refractivity contribution < 1.29 is 9.53 Å². The van der Waals surface area contributed by atoms with Crippen LogP contribution in [-0.4, -0.2) is 24.0 Å². The Morgan fingerprint density at radius 3 is 2.38 bits per heavy atom. The van der Waals surface area contributed by atoms with Crippen LogP contribution in [0, 0.1) is 0 Å². The molecule has 4 heteroatoms. The SMILES string of the molecule is COc1ccc(CN(C(=O)c2ccccc2)[C@H](C)Cc2cccs2)cc1. The second-order valence-electron chi connectivity index (χ2n) is 6.28. The van der Waals surface area contributed by atoms with E-state index < -0.39 is 0 Å². The van der Waals surface area contributed by atoms with Crippen molar-refractivity contribution >= 4 is 17.2 Å². The molecule has 0 radical (unpaired) electrons. The van der Waals surface area contributed by atoms with Gasteiger partial charge >= 0.3 is 0 Å². The quantitative estimate of drug-likeness (QED) is 0.588. The molecule has 0 unspecified atom stereocenters. The van der Waals surface area contributed by atoms with Gasteiger partial charge in [-0.2, -0.15) is 0 Å². The highest BCUT2D eigenvalue weighted by Crippen LogP contribution is 2.20. The first kappa shape index (κ1) is 18.2. The summed E-state index contributed by atoms with van der Waals surface area (Å²) in [5.41, 5.74) is 1.81. The molecular formula is C22H23NO2S. The van der Waals surface area contributed by atoms with Crippen LogP contribution in [0.5, 0.6) is 5.75 Å². The average Bonchev–Trinajstić information content (AvgIpc) is 3.19. The molecule has 0 aliphatic rings. The minimum Gasteiger partial charge on any atom is -0.497 e. The van der Waals surface area contributed by atoms with Crippen LogP contribution in [0.2, 0.25) is 0 Å². The molecule has 0 N–H and O–H groups in total. The zero-order valence-electron chi connectivity index (χ0n) is 15.1. The van der Waals surface area contributed by atoms with Gasteiger partial charge in [-0.3, -0.25) is 4.79 Å². The summed E-state index contributed by atoms with van der Waals surface area (Å²) in [4.78, 5) is 16.4. The van der Waals surface area contributed by atoms with E-state index >= 15 is 0 Å². The van der Waals surface area contributed by atoms with E-state index in [0.717, 1.165) is 23.3 Å². The molecule has 3 rings (SSSR count). The Labute approximate surface area is 158 Å². The lowest BCUT2D eigenvalue weighted by molar-refractivity contribution is 0.0676. The maximum absolute atomic E-state index is 13.1. The van der Waals surface area contributed by atoms with Crippen LogP contribution in [0.1, 0.15) is 27.7 Å². The van der Waals surface area contributed by atoms with Crippen LogP contribution in [0.25, 0.3) is 0 Å². The van der Waals surface area contributed by atoms with Gasteiger partial charge in [0.1, 0.15) is 5.75 Å². The highest BCUT2D eigenvalue weighted by Gasteiger charge is 2.22. The molecule has 0 aliphatic carbocycles. The Morgan fingerprint density at radius 2 is 1.77 bits per heavy atom. The predicted molar refractivity (Wildman–Crippen MR) is 107 cm³/mol. The molecular weight excluding hydrogens is 342 g/mol. The highest BCUT2D eigenvalue weighted by atomic mass is 32.1. The molecule has 1 heterocycles. The topological polar surface area (TPSA) is 29.5 Å². The summed E-state index contributed by atoms with van der Waals surface area (Å²) in [6.45, 7) is 2.69. The fourth-order valence-electron chi connectivity index (χ4n) is 2.93. The number of hydrogen-bond donors (Lipinski definition) is 0. The van der Waals surface area contributed by atoms with Crippen LogP contribution in [0.15, 0.2) is 72.1 Å². The Morgan fingerprint density at radius 1 is 1.04 bits per heavy atom. The minimum absolute atomic E-state index is 0.0606. The van der Waals surface area contributed by atoms with E-state index in [0.29, 0.717) is 6.54 Å². The normalized spacial score (nSPS) is 11.8. The van der Waals surface area contributed by atoms with Gasteiger partial charge in [0.2, 0.25) is 0 Å². The van der Waals surface area contributed by atoms with Crippen LogP contribution in [-0.2, 0) is 13.0 Å². The zero-order chi connectivity index (χ0) is 18.4. The summed E-state index contributed by atoms with van der Waals surface area (Å²) in [5, 5.41) is 2.08. The van der Waals surface area contributed by atoms with Gasteiger partial charge in [-0.1, -0.05) is 36.4 Å². The number of nitrogens with zero attached hydrogens (tertiary/aromatic N) is 1. The molecule has 1 amide bonds. The number of thiophene rings is 1. The molecule has 0 bridgehead atoms. The first-order valence-electron chi connectivity index (χ1n) is 8.68. The van der Waals surface area contributed by atoms with Gasteiger partial charge in [-0.05, 0) is 48.2 Å². The summed E-state index contributed by atoms with van der Waals surface area (Å²) in [6, 6.07) is 21.7. The van der Waals surface area contributed by atoms with Gasteiger partial charge in [0, 0.05) is 29.4 Å². The van der Waals surface area contributed by atoms with Crippen LogP contribution in [0.4, 0.5) is 0 Å². The molecule has 0 aliphatic heterocycles. The van der Waals surface area contributed by atoms with Gasteiger partial charge in [0.05, 0.1) is 7.11 Å². The zero-order valence-corrected chi connectivity index (χ0v) is 15.9. The molecule has 0 fully saturated rings. The maximum atomic E-state index is 13.1. The number of ether oxygens (including phenoxy) is 1. The Kier molecular flexibility index (Phi) is 6.08. The third kappa shape index (κ3) is 4.52. The molecule has 134 valence electrons. The van der Waals surface area contributed by atoms with Gasteiger partial charge in [0.25, 0.3) is 5.91 Å². The monoisotopic (exact) mass is 365 g/mol. The molecule has 1 atom stereocenters. The summed E-state index contributed by atoms with van der Waals surface area (Å²) < 4.78 is 5.23. The second kappa shape index (κ2) is 8.68. The number of amides is 1. The van der Waals surface area contributed by atoms with Gasteiger partial charge in [0.15, 0.2) is 0 Å². The summed E-state index contributed by atoms with van der Waals surface area (Å²) in [6.07, 6.45) is 0.854. The second-order valence-corrected chi connectivity index (χ2v) is 7.31. The van der Waals surface area contributed by atoms with E-state index in [1.54, 1.807) is 18.4 Å². The number of benzene rings is 2. The van der Waals surface area contributed by atoms with Crippen molar-refractivity contribution in [2.45, 2.75) is 25.9 Å². The van der Waals surface area contributed by atoms with Crippen molar-refractivity contribution in [3.05, 3.63) is 88.1 Å². The first-order valence-corrected chi connectivity index (χ1v) is 9.56. The number of rotatable bonds is 7. The number of hydrogen-bond acceptors (Lipinski definition) is 3. The summed E-state index contributed by atoms with van der Waals surface area (Å²) in [7, 11) is 1.66. The number of carbonyl (C=O) groups is 1. The lowest BCUT2D eigenvalue weighted by Gasteiger charge is -2.29. The Bertz CT molecular complexity index is 813. The van der Waals surface area contributed by atoms with E-state index in [9.17, 15) is 4.79 Å². The molecule has 1 aromatic heterocycles. The van der Waals surface area contributed by atoms with Crippen molar-refractivity contribution in [1.29, 1.82) is 0 Å². The Balaban J connectivity index is 1.83. The van der Waals surface area contributed by atoms with E-state index in [-0.39, 0.29) is 11.9 Å². The van der Waals surface area contributed by atoms with Crippen molar-refractivity contribution in [1.82, 2.24) is 4.90 Å². The van der Waals surface area contributed by atoms with Crippen molar-refractivity contribution in [3.8, 4) is 5.75 Å². The molecule has 0 saturated heterocycles. The maximum Gasteiger partial charge on any atom is 0.254 e. The van der Waals surface area contributed by atoms with Crippen molar-refractivity contribution in [2.24, 2.45) is 0 Å². The first-order chi connectivity index (χ1) is 12.7. The highest BCUT2D eigenvalue weighted by molar-refractivity contribution is 7.09. The smallest absolute Gasteiger partial charge is 0.254 e. The largest absolute Gasteiger partial charge is 0.497 e. The average molecular weight is 365 g/mol. The third-order valence-corrected chi connectivity index (χ3v) is 5.30. The summed E-state index contributed by atoms with van der Waals surface area (Å²) in [5.74, 6) is 0.881. The predicted octanol–water partition coefficient (Wildman–Crippen LogP) is 5.03. The lowest BCUT2D eigenvalue weighted by atomic mass is 10.1. The fraction of sp³-hybridized carbons (Fsp3) is 0.227. The molecule has 26 heavy (non-hydrogen) atoms. The van der Waals surface area contributed by atoms with E-state index in [1.807, 2.05) is 59.5 Å². The van der Waals surface area contributed by atoms with Crippen molar-refractivity contribution in [3.63, 3.8) is 0 Å². The molecule has 3 nitrogen and oxygen atoms in total. The molecule has 0 spiro atoms. The van der Waals surface area contributed by atoms with Gasteiger partial charge < -0.3 is 9.64 Å². The number of methoxy groups -OCH3 is 1. The lowest BCUT2D eigenvalue weighted by Crippen LogP contribution is -2.39. The standard InChI is InChI=1S/C22H23NO2S/c1-17(15-21-9-6-14-26-21)23(22(24)19-7-4-3-5-8-19)16-18-10-12-20(25-2)13-11-18/h3-14,17H,15-16H2,1-2H3/t17-/m1/s1. The van der Waals surface area contributed by atoms with E-state index in [1.165, 1.54) is 4.88 Å². The third-order valence-electron chi connectivity index (χ3n) is 4.40. The van der Waals surface area contributed by atoms with Crippen LogP contribution in [0.3, 0.4) is 0 Å². The van der Waals surface area contributed by atoms with Crippen LogP contribution < -0.4 is 4.74 Å². The number of carbonyl (C=O) groups excluding carboxylic acids is 1. The van der Waals surface area contributed by atoms with Crippen molar-refractivity contribution in [2.75, 3.05) is 7.11 Å². The molecule has 2 aromatic carbocycles. The minimum atomic E-state index is 0.0606. The molecule has 3 aromatic rings.